The molecule has 88 valence electrons. The molecule has 0 bridgehead atoms. The predicted molar refractivity (Wildman–Crippen MR) is 76.9 cm³/mol. The van der Waals surface area contributed by atoms with Gasteiger partial charge in [0, 0.05) is 15.4 Å². The van der Waals surface area contributed by atoms with Crippen LogP contribution in [0.1, 0.15) is 17.2 Å². The molecule has 0 saturated carbocycles. The zero-order valence-corrected chi connectivity index (χ0v) is 12.3. The summed E-state index contributed by atoms with van der Waals surface area (Å²) in [5.41, 5.74) is 2.05. The minimum atomic E-state index is -0.480. The first kappa shape index (κ1) is 12.8. The fraction of sp³-hybridized carbons (Fsp3) is 0.143. The molecule has 2 rings (SSSR count). The van der Waals surface area contributed by atoms with Gasteiger partial charge in [0.25, 0.3) is 0 Å². The molecule has 0 fully saturated rings. The van der Waals surface area contributed by atoms with Gasteiger partial charge >= 0.3 is 0 Å². The number of rotatable bonds is 3. The Bertz CT molecular complexity index is 494. The van der Waals surface area contributed by atoms with Gasteiger partial charge in [-0.05, 0) is 29.3 Å². The van der Waals surface area contributed by atoms with Crippen LogP contribution in [0.2, 0.25) is 0 Å². The van der Waals surface area contributed by atoms with Gasteiger partial charge in [-0.2, -0.15) is 0 Å². The van der Waals surface area contributed by atoms with Crippen molar-refractivity contribution in [3.05, 3.63) is 68.6 Å². The van der Waals surface area contributed by atoms with E-state index in [2.05, 4.69) is 31.9 Å². The Kier molecular flexibility index (Phi) is 4.37. The van der Waals surface area contributed by atoms with E-state index in [1.807, 2.05) is 48.5 Å². The van der Waals surface area contributed by atoms with Gasteiger partial charge in [-0.15, -0.1) is 0 Å². The zero-order valence-electron chi connectivity index (χ0n) is 9.11. The van der Waals surface area contributed by atoms with Crippen molar-refractivity contribution < 1.29 is 5.11 Å². The normalized spacial score (nSPS) is 12.4. The van der Waals surface area contributed by atoms with Crippen molar-refractivity contribution in [1.82, 2.24) is 0 Å². The highest BCUT2D eigenvalue weighted by Crippen LogP contribution is 2.26. The number of aliphatic hydroxyl groups is 1. The highest BCUT2D eigenvalue weighted by molar-refractivity contribution is 9.10. The van der Waals surface area contributed by atoms with Crippen LogP contribution in [0, 0.1) is 0 Å². The van der Waals surface area contributed by atoms with Crippen LogP contribution >= 0.6 is 31.9 Å². The summed E-state index contributed by atoms with van der Waals surface area (Å²) in [6, 6.07) is 15.8. The molecule has 1 unspecified atom stereocenters. The third-order valence-corrected chi connectivity index (χ3v) is 3.86. The summed E-state index contributed by atoms with van der Waals surface area (Å²) in [6.45, 7) is 0. The van der Waals surface area contributed by atoms with Gasteiger partial charge in [0.2, 0.25) is 0 Å². The quantitative estimate of drug-likeness (QED) is 0.860. The van der Waals surface area contributed by atoms with E-state index in [0.29, 0.717) is 6.42 Å². The Morgan fingerprint density at radius 3 is 2.24 bits per heavy atom. The molecule has 2 aromatic rings. The van der Waals surface area contributed by atoms with Gasteiger partial charge in [0.05, 0.1) is 6.10 Å². The molecule has 0 aromatic heterocycles. The Balaban J connectivity index is 2.14. The van der Waals surface area contributed by atoms with Crippen LogP contribution in [-0.4, -0.2) is 5.11 Å². The molecule has 0 heterocycles. The lowest BCUT2D eigenvalue weighted by molar-refractivity contribution is 0.177. The fourth-order valence-electron chi connectivity index (χ4n) is 1.70. The highest BCUT2D eigenvalue weighted by Gasteiger charge is 2.11. The van der Waals surface area contributed by atoms with Crippen molar-refractivity contribution in [2.24, 2.45) is 0 Å². The maximum absolute atomic E-state index is 10.2. The summed E-state index contributed by atoms with van der Waals surface area (Å²) >= 11 is 6.85. The van der Waals surface area contributed by atoms with Crippen LogP contribution in [0.3, 0.4) is 0 Å². The van der Waals surface area contributed by atoms with Crippen molar-refractivity contribution in [3.63, 3.8) is 0 Å². The molecule has 0 spiro atoms. The lowest BCUT2D eigenvalue weighted by atomic mass is 10.0. The van der Waals surface area contributed by atoms with Crippen LogP contribution in [0.25, 0.3) is 0 Å². The molecule has 1 N–H and O–H groups in total. The first-order valence-electron chi connectivity index (χ1n) is 5.34. The van der Waals surface area contributed by atoms with Crippen LogP contribution in [0.4, 0.5) is 0 Å². The van der Waals surface area contributed by atoms with Gasteiger partial charge in [0.1, 0.15) is 0 Å². The Morgan fingerprint density at radius 2 is 1.59 bits per heavy atom. The van der Waals surface area contributed by atoms with Crippen molar-refractivity contribution >= 4 is 31.9 Å². The van der Waals surface area contributed by atoms with Gasteiger partial charge in [-0.3, -0.25) is 0 Å². The van der Waals surface area contributed by atoms with Crippen molar-refractivity contribution in [1.29, 1.82) is 0 Å². The number of halogens is 2. The van der Waals surface area contributed by atoms with Crippen LogP contribution in [0.15, 0.2) is 57.5 Å². The summed E-state index contributed by atoms with van der Waals surface area (Å²) < 4.78 is 2.00. The van der Waals surface area contributed by atoms with E-state index in [9.17, 15) is 5.11 Å². The first-order chi connectivity index (χ1) is 8.16. The lowest BCUT2D eigenvalue weighted by Gasteiger charge is -2.12. The second-order valence-electron chi connectivity index (χ2n) is 3.87. The molecule has 0 radical (unpaired) electrons. The van der Waals surface area contributed by atoms with Gasteiger partial charge < -0.3 is 5.11 Å². The number of hydrogen-bond donors (Lipinski definition) is 1. The fourth-order valence-corrected chi connectivity index (χ4v) is 2.51. The number of aliphatic hydroxyl groups excluding tert-OH is 1. The molecule has 0 aliphatic carbocycles. The molecule has 0 aliphatic rings. The standard InChI is InChI=1S/C14H12Br2O/c15-11-7-5-10(6-8-11)9-14(17)12-3-1-2-4-13(12)16/h1-8,14,17H,9H2. The third kappa shape index (κ3) is 3.41. The summed E-state index contributed by atoms with van der Waals surface area (Å²) in [7, 11) is 0. The van der Waals surface area contributed by atoms with Crippen LogP contribution in [0.5, 0.6) is 0 Å². The zero-order chi connectivity index (χ0) is 12.3. The Labute approximate surface area is 118 Å². The van der Waals surface area contributed by atoms with E-state index in [4.69, 9.17) is 0 Å². The number of benzene rings is 2. The average molecular weight is 356 g/mol. The first-order valence-corrected chi connectivity index (χ1v) is 6.92. The Hall–Kier alpha value is -0.640. The molecule has 17 heavy (non-hydrogen) atoms. The van der Waals surface area contributed by atoms with Crippen LogP contribution in [-0.2, 0) is 6.42 Å². The third-order valence-electron chi connectivity index (χ3n) is 2.61. The summed E-state index contributed by atoms with van der Waals surface area (Å²) in [5.74, 6) is 0. The molecular formula is C14H12Br2O. The van der Waals surface area contributed by atoms with E-state index in [1.165, 1.54) is 0 Å². The van der Waals surface area contributed by atoms with Crippen molar-refractivity contribution in [3.8, 4) is 0 Å². The van der Waals surface area contributed by atoms with Gasteiger partial charge in [0.15, 0.2) is 0 Å². The van der Waals surface area contributed by atoms with E-state index < -0.39 is 6.10 Å². The summed E-state index contributed by atoms with van der Waals surface area (Å²) in [5, 5.41) is 10.2. The van der Waals surface area contributed by atoms with Crippen molar-refractivity contribution in [2.75, 3.05) is 0 Å². The van der Waals surface area contributed by atoms with Crippen molar-refractivity contribution in [2.45, 2.75) is 12.5 Å². The minimum Gasteiger partial charge on any atom is -0.388 e. The smallest absolute Gasteiger partial charge is 0.0841 e. The lowest BCUT2D eigenvalue weighted by Crippen LogP contribution is -2.02. The Morgan fingerprint density at radius 1 is 0.941 bits per heavy atom. The molecule has 3 heteroatoms. The SMILES string of the molecule is OC(Cc1ccc(Br)cc1)c1ccccc1Br. The molecule has 2 aromatic carbocycles. The van der Waals surface area contributed by atoms with Gasteiger partial charge in [-0.1, -0.05) is 62.2 Å². The highest BCUT2D eigenvalue weighted by atomic mass is 79.9. The molecule has 1 atom stereocenters. The van der Waals surface area contributed by atoms with E-state index >= 15 is 0 Å². The minimum absolute atomic E-state index is 0.480. The maximum Gasteiger partial charge on any atom is 0.0841 e. The average Bonchev–Trinajstić information content (AvgIpc) is 2.32. The monoisotopic (exact) mass is 354 g/mol. The molecule has 0 amide bonds. The largest absolute Gasteiger partial charge is 0.388 e. The molecular weight excluding hydrogens is 344 g/mol. The maximum atomic E-state index is 10.2. The van der Waals surface area contributed by atoms with E-state index in [-0.39, 0.29) is 0 Å². The second-order valence-corrected chi connectivity index (χ2v) is 5.64. The molecule has 0 aliphatic heterocycles. The van der Waals surface area contributed by atoms with E-state index in [0.717, 1.165) is 20.1 Å². The summed E-state index contributed by atoms with van der Waals surface area (Å²) in [6.07, 6.45) is 0.141. The predicted octanol–water partition coefficient (Wildman–Crippen LogP) is 4.49. The second kappa shape index (κ2) is 5.80. The number of hydrogen-bond acceptors (Lipinski definition) is 1. The molecule has 1 nitrogen and oxygen atoms in total. The van der Waals surface area contributed by atoms with E-state index in [1.54, 1.807) is 0 Å². The topological polar surface area (TPSA) is 20.2 Å². The van der Waals surface area contributed by atoms with Crippen LogP contribution < -0.4 is 0 Å². The van der Waals surface area contributed by atoms with Gasteiger partial charge in [-0.25, -0.2) is 0 Å². The summed E-state index contributed by atoms with van der Waals surface area (Å²) in [4.78, 5) is 0. The molecule has 0 saturated heterocycles.